The number of benzene rings is 1. The Kier molecular flexibility index (Phi) is 8.63. The minimum atomic E-state index is -0.972. The fourth-order valence-corrected chi connectivity index (χ4v) is 3.26. The van der Waals surface area contributed by atoms with Crippen molar-refractivity contribution in [3.8, 4) is 0 Å². The number of rotatable bonds is 8. The summed E-state index contributed by atoms with van der Waals surface area (Å²) < 4.78 is 10.2. The number of alkyl carbamates (subject to hydrolysis) is 1. The van der Waals surface area contributed by atoms with Gasteiger partial charge >= 0.3 is 12.2 Å². The highest BCUT2D eigenvalue weighted by Crippen LogP contribution is 2.14. The number of hydrogen-bond donors (Lipinski definition) is 2. The molecular weight excluding hydrogens is 414 g/mol. The van der Waals surface area contributed by atoms with Gasteiger partial charge in [-0.05, 0) is 38.7 Å². The van der Waals surface area contributed by atoms with E-state index in [0.717, 1.165) is 10.5 Å². The summed E-state index contributed by atoms with van der Waals surface area (Å²) in [5.41, 5.74) is 0.1000. The van der Waals surface area contributed by atoms with Gasteiger partial charge in [0.05, 0.1) is 6.54 Å². The summed E-state index contributed by atoms with van der Waals surface area (Å²) in [4.78, 5) is 51.3. The third-order valence-corrected chi connectivity index (χ3v) is 4.64. The molecule has 0 aromatic heterocycles. The SMILES string of the molecule is CC(C)C[C@H](NC(=O)[C@H](Cc1ccccc1)NC(=O)OC(C)(C)C)C(=O)N1CCOC1=O. The predicted molar refractivity (Wildman–Crippen MR) is 118 cm³/mol. The van der Waals surface area contributed by atoms with Crippen molar-refractivity contribution in [1.29, 1.82) is 0 Å². The van der Waals surface area contributed by atoms with E-state index >= 15 is 0 Å². The summed E-state index contributed by atoms with van der Waals surface area (Å²) in [6.07, 6.45) is -0.909. The topological polar surface area (TPSA) is 114 Å². The molecule has 32 heavy (non-hydrogen) atoms. The van der Waals surface area contributed by atoms with Gasteiger partial charge in [-0.1, -0.05) is 44.2 Å². The summed E-state index contributed by atoms with van der Waals surface area (Å²) in [6, 6.07) is 7.31. The maximum absolute atomic E-state index is 13.2. The highest BCUT2D eigenvalue weighted by atomic mass is 16.6. The summed E-state index contributed by atoms with van der Waals surface area (Å²) in [7, 11) is 0. The van der Waals surface area contributed by atoms with Crippen molar-refractivity contribution >= 4 is 24.0 Å². The monoisotopic (exact) mass is 447 g/mol. The first-order valence-electron chi connectivity index (χ1n) is 10.8. The van der Waals surface area contributed by atoms with Crippen LogP contribution in [0.5, 0.6) is 0 Å². The molecule has 1 saturated heterocycles. The van der Waals surface area contributed by atoms with Crippen LogP contribution in [0.25, 0.3) is 0 Å². The van der Waals surface area contributed by atoms with Crippen LogP contribution in [0.2, 0.25) is 0 Å². The van der Waals surface area contributed by atoms with Crippen molar-refractivity contribution < 1.29 is 28.7 Å². The molecule has 0 spiro atoms. The van der Waals surface area contributed by atoms with Crippen LogP contribution in [-0.2, 0) is 25.5 Å². The van der Waals surface area contributed by atoms with E-state index in [1.165, 1.54) is 0 Å². The number of amides is 4. The van der Waals surface area contributed by atoms with Crippen molar-refractivity contribution in [3.05, 3.63) is 35.9 Å². The molecule has 1 aliphatic heterocycles. The molecule has 1 fully saturated rings. The average Bonchev–Trinajstić information content (AvgIpc) is 3.11. The quantitative estimate of drug-likeness (QED) is 0.633. The number of cyclic esters (lactones) is 1. The molecule has 1 aromatic carbocycles. The minimum Gasteiger partial charge on any atom is -0.447 e. The first-order chi connectivity index (χ1) is 15.0. The smallest absolute Gasteiger partial charge is 0.416 e. The second kappa shape index (κ2) is 11.0. The van der Waals surface area contributed by atoms with Crippen LogP contribution in [0.15, 0.2) is 30.3 Å². The van der Waals surface area contributed by atoms with Crippen LogP contribution >= 0.6 is 0 Å². The lowest BCUT2D eigenvalue weighted by molar-refractivity contribution is -0.134. The molecule has 2 N–H and O–H groups in total. The van der Waals surface area contributed by atoms with Gasteiger partial charge in [0.1, 0.15) is 24.3 Å². The van der Waals surface area contributed by atoms with Crippen LogP contribution < -0.4 is 10.6 Å². The van der Waals surface area contributed by atoms with Gasteiger partial charge in [-0.2, -0.15) is 0 Å². The van der Waals surface area contributed by atoms with E-state index in [1.54, 1.807) is 20.8 Å². The van der Waals surface area contributed by atoms with Crippen LogP contribution in [0.1, 0.15) is 46.6 Å². The molecule has 0 bridgehead atoms. The van der Waals surface area contributed by atoms with Gasteiger partial charge in [-0.15, -0.1) is 0 Å². The van der Waals surface area contributed by atoms with Crippen molar-refractivity contribution in [3.63, 3.8) is 0 Å². The zero-order valence-electron chi connectivity index (χ0n) is 19.3. The van der Waals surface area contributed by atoms with Crippen LogP contribution in [0, 0.1) is 5.92 Å². The van der Waals surface area contributed by atoms with E-state index in [1.807, 2.05) is 44.2 Å². The van der Waals surface area contributed by atoms with Crippen molar-refractivity contribution in [1.82, 2.24) is 15.5 Å². The number of hydrogen-bond acceptors (Lipinski definition) is 6. The maximum atomic E-state index is 13.2. The van der Waals surface area contributed by atoms with E-state index in [9.17, 15) is 19.2 Å². The Labute approximate surface area is 188 Å². The van der Waals surface area contributed by atoms with Gasteiger partial charge in [-0.3, -0.25) is 9.59 Å². The van der Waals surface area contributed by atoms with Gasteiger partial charge in [0.2, 0.25) is 5.91 Å². The van der Waals surface area contributed by atoms with Crippen molar-refractivity contribution in [2.45, 2.75) is 65.1 Å². The number of imide groups is 1. The Morgan fingerprint density at radius 2 is 1.75 bits per heavy atom. The lowest BCUT2D eigenvalue weighted by Gasteiger charge is -2.27. The molecule has 0 radical (unpaired) electrons. The molecule has 0 aliphatic carbocycles. The lowest BCUT2D eigenvalue weighted by Crippen LogP contribution is -2.55. The first-order valence-corrected chi connectivity index (χ1v) is 10.8. The second-order valence-electron chi connectivity index (χ2n) is 9.18. The van der Waals surface area contributed by atoms with Gasteiger partial charge in [0.25, 0.3) is 5.91 Å². The standard InChI is InChI=1S/C23H33N3O6/c1-15(2)13-18(20(28)26-11-12-31-22(26)30)24-19(27)17(14-16-9-7-6-8-10-16)25-21(29)32-23(3,4)5/h6-10,15,17-18H,11-14H2,1-5H3,(H,24,27)(H,25,29)/t17-,18-/m0/s1. The van der Waals surface area contributed by atoms with Gasteiger partial charge in [0, 0.05) is 6.42 Å². The van der Waals surface area contributed by atoms with Gasteiger partial charge < -0.3 is 20.1 Å². The van der Waals surface area contributed by atoms with Crippen LogP contribution in [0.3, 0.4) is 0 Å². The van der Waals surface area contributed by atoms with Crippen LogP contribution in [-0.4, -0.2) is 59.7 Å². The third-order valence-electron chi connectivity index (χ3n) is 4.64. The summed E-state index contributed by atoms with van der Waals surface area (Å²) in [6.45, 7) is 9.28. The molecule has 1 heterocycles. The Hall–Kier alpha value is -3.10. The molecule has 9 nitrogen and oxygen atoms in total. The first kappa shape index (κ1) is 25.2. The summed E-state index contributed by atoms with van der Waals surface area (Å²) in [5.74, 6) is -0.981. The molecule has 0 saturated carbocycles. The summed E-state index contributed by atoms with van der Waals surface area (Å²) in [5, 5.41) is 5.33. The fourth-order valence-electron chi connectivity index (χ4n) is 3.26. The number of carbonyl (C=O) groups excluding carboxylic acids is 4. The molecule has 4 amide bonds. The second-order valence-corrected chi connectivity index (χ2v) is 9.18. The lowest BCUT2D eigenvalue weighted by atomic mass is 10.0. The largest absolute Gasteiger partial charge is 0.447 e. The highest BCUT2D eigenvalue weighted by molar-refractivity contribution is 5.98. The molecule has 2 atom stereocenters. The molecule has 9 heteroatoms. The van der Waals surface area contributed by atoms with E-state index in [-0.39, 0.29) is 25.5 Å². The molecule has 1 aromatic rings. The van der Waals surface area contributed by atoms with Crippen molar-refractivity contribution in [2.24, 2.45) is 5.92 Å². The minimum absolute atomic E-state index is 0.0780. The zero-order valence-corrected chi connectivity index (χ0v) is 19.3. The van der Waals surface area contributed by atoms with Crippen LogP contribution in [0.4, 0.5) is 9.59 Å². The molecule has 2 rings (SSSR count). The van der Waals surface area contributed by atoms with Crippen molar-refractivity contribution in [2.75, 3.05) is 13.2 Å². The fraction of sp³-hybridized carbons (Fsp3) is 0.565. The molecule has 0 unspecified atom stereocenters. The normalized spacial score (nSPS) is 15.7. The Morgan fingerprint density at radius 1 is 1.09 bits per heavy atom. The molecule has 176 valence electrons. The number of nitrogens with zero attached hydrogens (tertiary/aromatic N) is 1. The molecular formula is C23H33N3O6. The average molecular weight is 448 g/mol. The van der Waals surface area contributed by atoms with Gasteiger partial charge in [-0.25, -0.2) is 14.5 Å². The summed E-state index contributed by atoms with van der Waals surface area (Å²) >= 11 is 0. The maximum Gasteiger partial charge on any atom is 0.416 e. The molecule has 1 aliphatic rings. The van der Waals surface area contributed by atoms with E-state index < -0.39 is 41.7 Å². The van der Waals surface area contributed by atoms with E-state index in [0.29, 0.717) is 6.42 Å². The number of carbonyl (C=O) groups is 4. The highest BCUT2D eigenvalue weighted by Gasteiger charge is 2.36. The Morgan fingerprint density at radius 3 is 2.28 bits per heavy atom. The Bertz CT molecular complexity index is 819. The number of ether oxygens (including phenoxy) is 2. The predicted octanol–water partition coefficient (Wildman–Crippen LogP) is 2.63. The van der Waals surface area contributed by atoms with E-state index in [2.05, 4.69) is 10.6 Å². The number of nitrogens with one attached hydrogen (secondary N) is 2. The Balaban J connectivity index is 2.19. The van der Waals surface area contributed by atoms with E-state index in [4.69, 9.17) is 9.47 Å². The van der Waals surface area contributed by atoms with Gasteiger partial charge in [0.15, 0.2) is 0 Å². The third kappa shape index (κ3) is 7.86. The zero-order chi connectivity index (χ0) is 23.9.